The van der Waals surface area contributed by atoms with E-state index in [2.05, 4.69) is 133 Å². The molecule has 0 amide bonds. The minimum atomic E-state index is -4.14. The molecule has 0 spiro atoms. The molecule has 300 valence electrons. The van der Waals surface area contributed by atoms with E-state index in [1.165, 1.54) is 0 Å². The van der Waals surface area contributed by atoms with Crippen molar-refractivity contribution in [1.29, 1.82) is 0 Å². The molecule has 6 N–H and O–H groups in total. The minimum absolute atomic E-state index is 0.0440. The molecule has 60 heavy (non-hydrogen) atoms. The van der Waals surface area contributed by atoms with Crippen molar-refractivity contribution in [3.05, 3.63) is 213 Å². The molecular formula is C49H44N5O5P. The summed E-state index contributed by atoms with van der Waals surface area (Å²) in [7, 11) is -4.14. The fraction of sp³-hybridized carbons (Fsp3) is 0.184. The second kappa shape index (κ2) is 12.7. The Balaban J connectivity index is 1.27. The highest BCUT2D eigenvalue weighted by molar-refractivity contribution is 7.52. The van der Waals surface area contributed by atoms with Gasteiger partial charge in [0, 0.05) is 45.6 Å². The molecule has 11 rings (SSSR count). The second-order valence-electron chi connectivity index (χ2n) is 16.9. The molecule has 3 aliphatic rings. The van der Waals surface area contributed by atoms with Gasteiger partial charge in [-0.15, -0.1) is 0 Å². The molecule has 0 fully saturated rings. The average Bonchev–Trinajstić information content (AvgIpc) is 4.10. The third-order valence-electron chi connectivity index (χ3n) is 13.6. The number of ether oxygens (including phenoxy) is 2. The van der Waals surface area contributed by atoms with Gasteiger partial charge in [-0.2, -0.15) is 0 Å². The summed E-state index contributed by atoms with van der Waals surface area (Å²) in [6.45, 7) is 8.90. The van der Waals surface area contributed by atoms with Crippen LogP contribution in [0.15, 0.2) is 146 Å². The molecular weight excluding hydrogens is 770 g/mol. The maximum Gasteiger partial charge on any atom is 0.510 e. The molecule has 0 radical (unpaired) electrons. The zero-order chi connectivity index (χ0) is 41.1. The average molecular weight is 814 g/mol. The Hall–Kier alpha value is -6.61. The normalized spacial score (nSPS) is 26.3. The first kappa shape index (κ1) is 36.5. The lowest BCUT2D eigenvalue weighted by Gasteiger charge is -2.34. The molecule has 0 aliphatic carbocycles. The molecule has 3 aliphatic heterocycles. The quantitative estimate of drug-likeness (QED) is 0.0965. The fourth-order valence-corrected chi connectivity index (χ4v) is 10.6. The van der Waals surface area contributed by atoms with E-state index in [-0.39, 0.29) is 6.79 Å². The van der Waals surface area contributed by atoms with Crippen LogP contribution in [-0.2, 0) is 26.2 Å². The van der Waals surface area contributed by atoms with E-state index in [9.17, 15) is 4.57 Å². The van der Waals surface area contributed by atoms with Gasteiger partial charge in [0.2, 0.25) is 6.79 Å². The van der Waals surface area contributed by atoms with Gasteiger partial charge in [0.05, 0.1) is 21.7 Å². The van der Waals surface area contributed by atoms with E-state index < -0.39 is 29.4 Å². The SMILES string of the molecule is C[C@]12c3cccc(c3)OCOc3cccc(c3)[C@](C)(c3ccc1[nH]3)c1ccc([nH]1)[C@@]1(C)c3cccc(c3)O[P@](N)(=O)Oc3cccc(c3)[C@@](C)(c3ccc2[nH]3)c2ccc1[nH]2. The van der Waals surface area contributed by atoms with Gasteiger partial charge < -0.3 is 38.5 Å². The number of hydrogen-bond acceptors (Lipinski definition) is 5. The number of nitrogens with one attached hydrogen (secondary N) is 4. The molecule has 11 heteroatoms. The summed E-state index contributed by atoms with van der Waals surface area (Å²) in [5.41, 5.74) is 14.8. The van der Waals surface area contributed by atoms with Crippen LogP contribution in [0.1, 0.15) is 95.5 Å². The molecule has 0 unspecified atom stereocenters. The van der Waals surface area contributed by atoms with E-state index in [1.807, 2.05) is 48.5 Å². The lowest BCUT2D eigenvalue weighted by molar-refractivity contribution is 0.119. The summed E-state index contributed by atoms with van der Waals surface area (Å²) < 4.78 is 38.6. The molecule has 0 saturated carbocycles. The number of H-pyrrole nitrogens is 4. The van der Waals surface area contributed by atoms with Gasteiger partial charge in [-0.05, 0) is 147 Å². The fourth-order valence-electron chi connectivity index (χ4n) is 9.74. The second-order valence-corrected chi connectivity index (χ2v) is 18.3. The van der Waals surface area contributed by atoms with Crippen LogP contribution in [0.2, 0.25) is 0 Å². The Morgan fingerprint density at radius 2 is 0.667 bits per heavy atom. The van der Waals surface area contributed by atoms with E-state index in [0.29, 0.717) is 23.0 Å². The smallest absolute Gasteiger partial charge is 0.457 e. The maximum atomic E-state index is 14.0. The number of benzene rings is 4. The Morgan fingerprint density at radius 3 is 0.950 bits per heavy atom. The van der Waals surface area contributed by atoms with Crippen molar-refractivity contribution in [3.63, 3.8) is 0 Å². The van der Waals surface area contributed by atoms with Gasteiger partial charge >= 0.3 is 7.75 Å². The van der Waals surface area contributed by atoms with Crippen LogP contribution in [0.5, 0.6) is 23.0 Å². The number of fused-ring (bicyclic) bond motifs is 20. The van der Waals surface area contributed by atoms with E-state index in [1.54, 1.807) is 12.1 Å². The third-order valence-corrected chi connectivity index (χ3v) is 14.5. The molecule has 4 aromatic heterocycles. The predicted octanol–water partition coefficient (Wildman–Crippen LogP) is 10.3. The van der Waals surface area contributed by atoms with Gasteiger partial charge in [-0.3, -0.25) is 0 Å². The van der Waals surface area contributed by atoms with Crippen LogP contribution < -0.4 is 24.0 Å². The molecule has 0 saturated heterocycles. The van der Waals surface area contributed by atoms with Gasteiger partial charge in [0.1, 0.15) is 23.0 Å². The van der Waals surface area contributed by atoms with Gasteiger partial charge in [-0.1, -0.05) is 48.5 Å². The Morgan fingerprint density at radius 1 is 0.417 bits per heavy atom. The molecule has 20 bridgehead atoms. The van der Waals surface area contributed by atoms with Crippen LogP contribution in [0.4, 0.5) is 0 Å². The summed E-state index contributed by atoms with van der Waals surface area (Å²) in [6.07, 6.45) is 0. The minimum Gasteiger partial charge on any atom is -0.457 e. The Kier molecular flexibility index (Phi) is 7.72. The van der Waals surface area contributed by atoms with Crippen LogP contribution >= 0.6 is 7.75 Å². The summed E-state index contributed by atoms with van der Waals surface area (Å²) in [6, 6.07) is 49.0. The monoisotopic (exact) mass is 813 g/mol. The number of aromatic amines is 4. The van der Waals surface area contributed by atoms with Crippen molar-refractivity contribution in [2.45, 2.75) is 49.4 Å². The van der Waals surface area contributed by atoms with Crippen molar-refractivity contribution < 1.29 is 23.1 Å². The largest absolute Gasteiger partial charge is 0.510 e. The van der Waals surface area contributed by atoms with Crippen LogP contribution in [0.25, 0.3) is 0 Å². The molecule has 7 heterocycles. The van der Waals surface area contributed by atoms with Gasteiger partial charge in [0.15, 0.2) is 0 Å². The van der Waals surface area contributed by atoms with Gasteiger partial charge in [-0.25, -0.2) is 10.1 Å². The number of nitrogens with two attached hydrogens (primary N) is 1. The van der Waals surface area contributed by atoms with E-state index in [4.69, 9.17) is 24.0 Å². The molecule has 4 aromatic carbocycles. The lowest BCUT2D eigenvalue weighted by Crippen LogP contribution is -2.32. The number of rotatable bonds is 0. The first-order valence-electron chi connectivity index (χ1n) is 20.1. The highest BCUT2D eigenvalue weighted by Crippen LogP contribution is 2.50. The summed E-state index contributed by atoms with van der Waals surface area (Å²) in [4.78, 5) is 15.9. The van der Waals surface area contributed by atoms with Crippen molar-refractivity contribution in [1.82, 2.24) is 19.9 Å². The third kappa shape index (κ3) is 5.27. The van der Waals surface area contributed by atoms with Crippen molar-refractivity contribution in [2.24, 2.45) is 5.50 Å². The predicted molar refractivity (Wildman–Crippen MR) is 230 cm³/mol. The Bertz CT molecular complexity index is 2840. The summed E-state index contributed by atoms with van der Waals surface area (Å²) in [5, 5.41) is 0. The first-order valence-corrected chi connectivity index (χ1v) is 21.7. The van der Waals surface area contributed by atoms with Crippen LogP contribution in [0, 0.1) is 0 Å². The van der Waals surface area contributed by atoms with Crippen molar-refractivity contribution in [3.8, 4) is 23.0 Å². The summed E-state index contributed by atoms with van der Waals surface area (Å²) >= 11 is 0. The highest BCUT2D eigenvalue weighted by Gasteiger charge is 2.44. The highest BCUT2D eigenvalue weighted by atomic mass is 31.2. The molecule has 5 atom stereocenters. The summed E-state index contributed by atoms with van der Waals surface area (Å²) in [5.74, 6) is 2.04. The zero-order valence-corrected chi connectivity index (χ0v) is 34.5. The van der Waals surface area contributed by atoms with Crippen molar-refractivity contribution in [2.75, 3.05) is 6.79 Å². The van der Waals surface area contributed by atoms with Gasteiger partial charge in [0.25, 0.3) is 0 Å². The van der Waals surface area contributed by atoms with E-state index in [0.717, 1.165) is 67.8 Å². The van der Waals surface area contributed by atoms with Crippen LogP contribution in [-0.4, -0.2) is 26.7 Å². The number of hydrogen-bond donors (Lipinski definition) is 5. The maximum absolute atomic E-state index is 14.0. The molecule has 10 nitrogen and oxygen atoms in total. The zero-order valence-electron chi connectivity index (χ0n) is 33.6. The van der Waals surface area contributed by atoms with Crippen LogP contribution in [0.3, 0.4) is 0 Å². The lowest BCUT2D eigenvalue weighted by atomic mass is 9.76. The molecule has 8 aromatic rings. The number of aromatic nitrogens is 4. The standard InChI is InChI=1S/C49H44N5O5P/c1-46-30-9-5-13-34(25-30)56-29-57-35-14-6-10-31(26-35)47(2,39-18-17-38(46)51-39)41-20-22-43(53-41)49(4)33-12-8-16-37(28-33)59-60(50,55)58-36-15-7-11-32(27-36)48(3,42-21-19-40(46)52-42)44-23-24-45(49)54-44/h5-28,51-54H,29H2,1-4H3,(H2,50,55)/t46-,47+,48-,49+,60+. The topological polar surface area (TPSA) is 143 Å². The van der Waals surface area contributed by atoms with E-state index >= 15 is 0 Å². The van der Waals surface area contributed by atoms with Crippen molar-refractivity contribution >= 4 is 7.75 Å². The Labute approximate surface area is 347 Å². The first-order chi connectivity index (χ1) is 28.9.